The molecule has 0 aromatic carbocycles. The predicted molar refractivity (Wildman–Crippen MR) is 46.9 cm³/mol. The lowest BCUT2D eigenvalue weighted by atomic mass is 10.0. The predicted octanol–water partition coefficient (Wildman–Crippen LogP) is 0.179. The molecule has 0 heterocycles. The summed E-state index contributed by atoms with van der Waals surface area (Å²) < 4.78 is 0. The molecule has 6 nitrogen and oxygen atoms in total. The van der Waals surface area contributed by atoms with Gasteiger partial charge in [-0.15, -0.1) is 0 Å². The maximum absolute atomic E-state index is 9.36. The van der Waals surface area contributed by atoms with E-state index in [-0.39, 0.29) is 0 Å². The van der Waals surface area contributed by atoms with Gasteiger partial charge in [-0.3, -0.25) is 0 Å². The molecule has 3 atom stereocenters. The Balaban J connectivity index is 4.17. The van der Waals surface area contributed by atoms with Crippen LogP contribution in [0.25, 0.3) is 10.4 Å². The number of hydrogen-bond acceptors (Lipinski definition) is 4. The molecule has 0 aromatic heterocycles. The van der Waals surface area contributed by atoms with Gasteiger partial charge in [0.25, 0.3) is 0 Å². The molecule has 6 heteroatoms. The molecule has 0 amide bonds. The van der Waals surface area contributed by atoms with Gasteiger partial charge in [-0.25, -0.2) is 0 Å². The van der Waals surface area contributed by atoms with Crippen molar-refractivity contribution in [2.45, 2.75) is 38.0 Å². The van der Waals surface area contributed by atoms with Crippen molar-refractivity contribution in [3.05, 3.63) is 10.4 Å². The van der Waals surface area contributed by atoms with E-state index in [2.05, 4.69) is 10.0 Å². The molecule has 3 N–H and O–H groups in total. The molecular weight excluding hydrogens is 174 g/mol. The minimum atomic E-state index is -1.19. The lowest BCUT2D eigenvalue weighted by molar-refractivity contribution is -0.0111. The molecule has 76 valence electrons. The fourth-order valence-electron chi connectivity index (χ4n) is 1.00. The molecule has 0 rings (SSSR count). The highest BCUT2D eigenvalue weighted by atomic mass is 16.3. The first-order valence-electron chi connectivity index (χ1n) is 4.18. The quantitative estimate of drug-likeness (QED) is 0.315. The third-order valence-corrected chi connectivity index (χ3v) is 1.76. The summed E-state index contributed by atoms with van der Waals surface area (Å²) in [6.07, 6.45) is -1.01. The number of rotatable bonds is 6. The van der Waals surface area contributed by atoms with Crippen LogP contribution in [0.3, 0.4) is 0 Å². The Labute approximate surface area is 76.4 Å². The van der Waals surface area contributed by atoms with E-state index in [1.54, 1.807) is 0 Å². The van der Waals surface area contributed by atoms with E-state index in [4.69, 9.17) is 10.6 Å². The van der Waals surface area contributed by atoms with Gasteiger partial charge in [0, 0.05) is 4.91 Å². The fourth-order valence-corrected chi connectivity index (χ4v) is 1.00. The second kappa shape index (κ2) is 6.68. The van der Waals surface area contributed by atoms with Crippen molar-refractivity contribution in [1.29, 1.82) is 0 Å². The molecule has 0 fully saturated rings. The van der Waals surface area contributed by atoms with Crippen molar-refractivity contribution in [2.75, 3.05) is 6.61 Å². The zero-order valence-electron chi connectivity index (χ0n) is 7.54. The Morgan fingerprint density at radius 1 is 1.46 bits per heavy atom. The molecule has 0 unspecified atom stereocenters. The number of nitrogens with zero attached hydrogens (tertiary/aromatic N) is 3. The summed E-state index contributed by atoms with van der Waals surface area (Å²) >= 11 is 0. The highest BCUT2D eigenvalue weighted by Crippen LogP contribution is 2.08. The first kappa shape index (κ1) is 12.2. The highest BCUT2D eigenvalue weighted by molar-refractivity contribution is 4.80. The SMILES string of the molecule is CCC[C@@H](O)[C@@H](O)[C@@H](CO)N=[N+]=[N-]. The van der Waals surface area contributed by atoms with Crippen LogP contribution in [0.15, 0.2) is 5.11 Å². The van der Waals surface area contributed by atoms with Crippen molar-refractivity contribution in [1.82, 2.24) is 0 Å². The first-order valence-corrected chi connectivity index (χ1v) is 4.18. The van der Waals surface area contributed by atoms with Gasteiger partial charge in [0.2, 0.25) is 0 Å². The van der Waals surface area contributed by atoms with Crippen LogP contribution in [0.1, 0.15) is 19.8 Å². The van der Waals surface area contributed by atoms with Gasteiger partial charge in [-0.2, -0.15) is 0 Å². The Kier molecular flexibility index (Phi) is 6.26. The van der Waals surface area contributed by atoms with E-state index in [0.29, 0.717) is 12.8 Å². The third kappa shape index (κ3) is 4.10. The molecular formula is C7H15N3O3. The van der Waals surface area contributed by atoms with Gasteiger partial charge in [-0.1, -0.05) is 18.5 Å². The van der Waals surface area contributed by atoms with Gasteiger partial charge in [-0.05, 0) is 12.0 Å². The third-order valence-electron chi connectivity index (χ3n) is 1.76. The first-order chi connectivity index (χ1) is 6.17. The summed E-state index contributed by atoms with van der Waals surface area (Å²) in [5.41, 5.74) is 8.08. The van der Waals surface area contributed by atoms with E-state index in [9.17, 15) is 10.2 Å². The van der Waals surface area contributed by atoms with Crippen LogP contribution in [0.4, 0.5) is 0 Å². The number of azide groups is 1. The molecule has 0 aromatic rings. The molecule has 0 radical (unpaired) electrons. The average Bonchev–Trinajstić information content (AvgIpc) is 2.13. The number of hydrogen-bond donors (Lipinski definition) is 3. The van der Waals surface area contributed by atoms with Crippen LogP contribution in [0.2, 0.25) is 0 Å². The number of aliphatic hydroxyl groups excluding tert-OH is 3. The number of aliphatic hydroxyl groups is 3. The monoisotopic (exact) mass is 189 g/mol. The van der Waals surface area contributed by atoms with Gasteiger partial charge < -0.3 is 15.3 Å². The smallest absolute Gasteiger partial charge is 0.0905 e. The van der Waals surface area contributed by atoms with Gasteiger partial charge >= 0.3 is 0 Å². The summed E-state index contributed by atoms with van der Waals surface area (Å²) in [5.74, 6) is 0. The maximum atomic E-state index is 9.36. The van der Waals surface area contributed by atoms with Gasteiger partial charge in [0.1, 0.15) is 0 Å². The van der Waals surface area contributed by atoms with Crippen molar-refractivity contribution >= 4 is 0 Å². The lowest BCUT2D eigenvalue weighted by Gasteiger charge is -2.21. The average molecular weight is 189 g/mol. The molecule has 0 aliphatic carbocycles. The summed E-state index contributed by atoms with van der Waals surface area (Å²) in [4.78, 5) is 2.46. The molecule has 0 bridgehead atoms. The molecule has 0 aliphatic rings. The summed E-state index contributed by atoms with van der Waals surface area (Å²) in [6, 6.07) is -0.966. The van der Waals surface area contributed by atoms with Crippen molar-refractivity contribution in [3.63, 3.8) is 0 Å². The van der Waals surface area contributed by atoms with Gasteiger partial charge in [0.05, 0.1) is 24.9 Å². The Hall–Kier alpha value is -0.810. The minimum absolute atomic E-state index is 0.415. The summed E-state index contributed by atoms with van der Waals surface area (Å²) in [6.45, 7) is 1.39. The van der Waals surface area contributed by atoms with E-state index >= 15 is 0 Å². The van der Waals surface area contributed by atoms with E-state index in [1.807, 2.05) is 6.92 Å². The highest BCUT2D eigenvalue weighted by Gasteiger charge is 2.23. The molecule has 0 saturated carbocycles. The maximum Gasteiger partial charge on any atom is 0.0905 e. The van der Waals surface area contributed by atoms with Crippen LogP contribution in [0, 0.1) is 0 Å². The Morgan fingerprint density at radius 2 is 2.08 bits per heavy atom. The Morgan fingerprint density at radius 3 is 2.46 bits per heavy atom. The van der Waals surface area contributed by atoms with Crippen LogP contribution >= 0.6 is 0 Å². The zero-order valence-corrected chi connectivity index (χ0v) is 7.54. The standard InChI is InChI=1S/C7H15N3O3/c1-2-3-6(12)7(13)5(4-11)9-10-8/h5-7,11-13H,2-4H2,1H3/t5-,6-,7+/m1/s1. The van der Waals surface area contributed by atoms with Crippen LogP contribution in [-0.4, -0.2) is 40.2 Å². The normalized spacial score (nSPS) is 17.2. The second-order valence-corrected chi connectivity index (χ2v) is 2.80. The van der Waals surface area contributed by atoms with Crippen LogP contribution < -0.4 is 0 Å². The van der Waals surface area contributed by atoms with Crippen molar-refractivity contribution < 1.29 is 15.3 Å². The second-order valence-electron chi connectivity index (χ2n) is 2.80. The van der Waals surface area contributed by atoms with Crippen molar-refractivity contribution in [3.8, 4) is 0 Å². The Bertz CT molecular complexity index is 182. The van der Waals surface area contributed by atoms with Crippen molar-refractivity contribution in [2.24, 2.45) is 5.11 Å². The topological polar surface area (TPSA) is 109 Å². The van der Waals surface area contributed by atoms with Crippen LogP contribution in [0.5, 0.6) is 0 Å². The molecule has 0 spiro atoms. The summed E-state index contributed by atoms with van der Waals surface area (Å²) in [7, 11) is 0. The van der Waals surface area contributed by atoms with E-state index < -0.39 is 24.9 Å². The van der Waals surface area contributed by atoms with Crippen LogP contribution in [-0.2, 0) is 0 Å². The van der Waals surface area contributed by atoms with Gasteiger partial charge in [0.15, 0.2) is 0 Å². The molecule has 0 aliphatic heterocycles. The molecule has 0 saturated heterocycles. The summed E-state index contributed by atoms with van der Waals surface area (Å²) in [5, 5.41) is 30.5. The van der Waals surface area contributed by atoms with E-state index in [0.717, 1.165) is 0 Å². The minimum Gasteiger partial charge on any atom is -0.396 e. The largest absolute Gasteiger partial charge is 0.396 e. The fraction of sp³-hybridized carbons (Fsp3) is 1.00. The zero-order chi connectivity index (χ0) is 10.3. The lowest BCUT2D eigenvalue weighted by Crippen LogP contribution is -2.38. The van der Waals surface area contributed by atoms with E-state index in [1.165, 1.54) is 0 Å². The molecule has 13 heavy (non-hydrogen) atoms.